The SMILES string of the molecule is CCOCCc1nnnn1CCCN. The Morgan fingerprint density at radius 3 is 3.07 bits per heavy atom. The van der Waals surface area contributed by atoms with Crippen LogP contribution in [0.4, 0.5) is 0 Å². The van der Waals surface area contributed by atoms with E-state index in [4.69, 9.17) is 10.5 Å². The molecule has 0 fully saturated rings. The van der Waals surface area contributed by atoms with E-state index in [1.54, 1.807) is 4.68 Å². The van der Waals surface area contributed by atoms with E-state index in [0.29, 0.717) is 13.2 Å². The minimum Gasteiger partial charge on any atom is -0.381 e. The van der Waals surface area contributed by atoms with Crippen molar-refractivity contribution < 1.29 is 4.74 Å². The maximum atomic E-state index is 5.41. The third-order valence-corrected chi connectivity index (χ3v) is 1.85. The van der Waals surface area contributed by atoms with E-state index in [0.717, 1.165) is 31.8 Å². The molecule has 1 aromatic rings. The summed E-state index contributed by atoms with van der Waals surface area (Å²) in [5, 5.41) is 11.4. The molecule has 0 aromatic carbocycles. The van der Waals surface area contributed by atoms with Gasteiger partial charge >= 0.3 is 0 Å². The Labute approximate surface area is 83.4 Å². The number of ether oxygens (including phenoxy) is 1. The third kappa shape index (κ3) is 3.39. The Hall–Kier alpha value is -1.01. The summed E-state index contributed by atoms with van der Waals surface area (Å²) in [6, 6.07) is 0. The molecule has 6 nitrogen and oxygen atoms in total. The van der Waals surface area contributed by atoms with Crippen LogP contribution in [-0.4, -0.2) is 40.0 Å². The molecule has 0 atom stereocenters. The highest BCUT2D eigenvalue weighted by Crippen LogP contribution is 1.95. The molecule has 1 aromatic heterocycles. The first-order valence-electron chi connectivity index (χ1n) is 4.91. The van der Waals surface area contributed by atoms with Gasteiger partial charge in [-0.3, -0.25) is 0 Å². The Balaban J connectivity index is 2.37. The lowest BCUT2D eigenvalue weighted by Crippen LogP contribution is -2.12. The van der Waals surface area contributed by atoms with E-state index >= 15 is 0 Å². The minimum atomic E-state index is 0.658. The van der Waals surface area contributed by atoms with Crippen molar-refractivity contribution in [2.24, 2.45) is 5.73 Å². The molecule has 80 valence electrons. The smallest absolute Gasteiger partial charge is 0.153 e. The van der Waals surface area contributed by atoms with Crippen LogP contribution in [0, 0.1) is 0 Å². The van der Waals surface area contributed by atoms with Crippen molar-refractivity contribution in [3.05, 3.63) is 5.82 Å². The quantitative estimate of drug-likeness (QED) is 0.604. The Kier molecular flexibility index (Phi) is 5.09. The van der Waals surface area contributed by atoms with Crippen LogP contribution >= 0.6 is 0 Å². The highest BCUT2D eigenvalue weighted by Gasteiger charge is 2.04. The number of aromatic nitrogens is 4. The van der Waals surface area contributed by atoms with Crippen LogP contribution in [0.3, 0.4) is 0 Å². The molecule has 0 bridgehead atoms. The van der Waals surface area contributed by atoms with Gasteiger partial charge in [0, 0.05) is 19.6 Å². The normalized spacial score (nSPS) is 10.7. The third-order valence-electron chi connectivity index (χ3n) is 1.85. The fourth-order valence-electron chi connectivity index (χ4n) is 1.12. The van der Waals surface area contributed by atoms with Crippen LogP contribution in [0.5, 0.6) is 0 Å². The standard InChI is InChI=1S/C8H17N5O/c1-2-14-7-4-8-10-11-12-13(8)6-3-5-9/h2-7,9H2,1H3. The molecule has 0 aliphatic rings. The molecule has 0 aliphatic heterocycles. The molecular weight excluding hydrogens is 182 g/mol. The summed E-state index contributed by atoms with van der Waals surface area (Å²) in [7, 11) is 0. The van der Waals surface area contributed by atoms with E-state index in [2.05, 4.69) is 15.5 Å². The lowest BCUT2D eigenvalue weighted by molar-refractivity contribution is 0.148. The van der Waals surface area contributed by atoms with E-state index in [1.165, 1.54) is 0 Å². The monoisotopic (exact) mass is 199 g/mol. The largest absolute Gasteiger partial charge is 0.381 e. The summed E-state index contributed by atoms with van der Waals surface area (Å²) < 4.78 is 7.02. The Morgan fingerprint density at radius 2 is 2.36 bits per heavy atom. The summed E-state index contributed by atoms with van der Waals surface area (Å²) >= 11 is 0. The number of nitrogens with zero attached hydrogens (tertiary/aromatic N) is 4. The molecule has 0 saturated carbocycles. The molecule has 6 heteroatoms. The van der Waals surface area contributed by atoms with E-state index < -0.39 is 0 Å². The second kappa shape index (κ2) is 6.44. The van der Waals surface area contributed by atoms with Crippen LogP contribution in [0.15, 0.2) is 0 Å². The van der Waals surface area contributed by atoms with Gasteiger partial charge in [-0.25, -0.2) is 4.68 Å². The van der Waals surface area contributed by atoms with Crippen molar-refractivity contribution >= 4 is 0 Å². The first-order chi connectivity index (χ1) is 6.88. The molecule has 2 N–H and O–H groups in total. The van der Waals surface area contributed by atoms with Crippen molar-refractivity contribution in [2.45, 2.75) is 26.3 Å². The molecule has 0 spiro atoms. The van der Waals surface area contributed by atoms with Gasteiger partial charge in [-0.05, 0) is 30.3 Å². The molecule has 14 heavy (non-hydrogen) atoms. The van der Waals surface area contributed by atoms with Gasteiger partial charge in [0.05, 0.1) is 6.61 Å². The number of aryl methyl sites for hydroxylation is 1. The summed E-state index contributed by atoms with van der Waals surface area (Å²) in [4.78, 5) is 0. The zero-order valence-electron chi connectivity index (χ0n) is 8.52. The predicted molar refractivity (Wildman–Crippen MR) is 51.7 cm³/mol. The van der Waals surface area contributed by atoms with E-state index in [1.807, 2.05) is 6.92 Å². The fourth-order valence-corrected chi connectivity index (χ4v) is 1.12. The van der Waals surface area contributed by atoms with Crippen molar-refractivity contribution in [1.29, 1.82) is 0 Å². The molecule has 0 saturated heterocycles. The van der Waals surface area contributed by atoms with Crippen molar-refractivity contribution in [1.82, 2.24) is 20.2 Å². The molecule has 0 aliphatic carbocycles. The molecular formula is C8H17N5O. The van der Waals surface area contributed by atoms with Gasteiger partial charge in [-0.15, -0.1) is 5.10 Å². The predicted octanol–water partition coefficient (Wildman–Crippen LogP) is -0.399. The molecule has 0 amide bonds. The highest BCUT2D eigenvalue weighted by molar-refractivity contribution is 4.80. The van der Waals surface area contributed by atoms with Gasteiger partial charge in [0.25, 0.3) is 0 Å². The van der Waals surface area contributed by atoms with Crippen molar-refractivity contribution in [3.63, 3.8) is 0 Å². The zero-order chi connectivity index (χ0) is 10.2. The average Bonchev–Trinajstić information content (AvgIpc) is 2.63. The second-order valence-corrected chi connectivity index (χ2v) is 2.91. The first-order valence-corrected chi connectivity index (χ1v) is 4.91. The van der Waals surface area contributed by atoms with Crippen molar-refractivity contribution in [3.8, 4) is 0 Å². The average molecular weight is 199 g/mol. The Morgan fingerprint density at radius 1 is 1.50 bits per heavy atom. The lowest BCUT2D eigenvalue weighted by Gasteiger charge is -2.03. The van der Waals surface area contributed by atoms with Crippen molar-refractivity contribution in [2.75, 3.05) is 19.8 Å². The van der Waals surface area contributed by atoms with Gasteiger partial charge in [0.15, 0.2) is 5.82 Å². The molecule has 0 unspecified atom stereocenters. The topological polar surface area (TPSA) is 78.9 Å². The van der Waals surface area contributed by atoms with Gasteiger partial charge in [-0.1, -0.05) is 0 Å². The highest BCUT2D eigenvalue weighted by atomic mass is 16.5. The zero-order valence-corrected chi connectivity index (χ0v) is 8.52. The maximum absolute atomic E-state index is 5.41. The van der Waals surface area contributed by atoms with Crippen LogP contribution in [-0.2, 0) is 17.7 Å². The molecule has 0 radical (unpaired) electrons. The van der Waals surface area contributed by atoms with Gasteiger partial charge < -0.3 is 10.5 Å². The number of nitrogens with two attached hydrogens (primary N) is 1. The van der Waals surface area contributed by atoms with E-state index in [9.17, 15) is 0 Å². The van der Waals surface area contributed by atoms with Crippen LogP contribution in [0.2, 0.25) is 0 Å². The van der Waals surface area contributed by atoms with Crippen LogP contribution < -0.4 is 5.73 Å². The maximum Gasteiger partial charge on any atom is 0.153 e. The number of hydrogen-bond donors (Lipinski definition) is 1. The summed E-state index contributed by atoms with van der Waals surface area (Å²) in [6.07, 6.45) is 1.65. The second-order valence-electron chi connectivity index (χ2n) is 2.91. The Bertz CT molecular complexity index is 250. The van der Waals surface area contributed by atoms with E-state index in [-0.39, 0.29) is 0 Å². The molecule has 1 rings (SSSR count). The summed E-state index contributed by atoms with van der Waals surface area (Å²) in [5.41, 5.74) is 5.41. The summed E-state index contributed by atoms with van der Waals surface area (Å²) in [5.74, 6) is 0.868. The summed E-state index contributed by atoms with van der Waals surface area (Å²) in [6.45, 7) is 4.80. The van der Waals surface area contributed by atoms with Crippen LogP contribution in [0.1, 0.15) is 19.2 Å². The van der Waals surface area contributed by atoms with Gasteiger partial charge in [-0.2, -0.15) is 0 Å². The minimum absolute atomic E-state index is 0.658. The number of tetrazole rings is 1. The first kappa shape index (κ1) is 11.1. The van der Waals surface area contributed by atoms with Crippen LogP contribution in [0.25, 0.3) is 0 Å². The number of hydrogen-bond acceptors (Lipinski definition) is 5. The fraction of sp³-hybridized carbons (Fsp3) is 0.875. The molecule has 1 heterocycles. The van der Waals surface area contributed by atoms with Gasteiger partial charge in [0.2, 0.25) is 0 Å². The number of rotatable bonds is 7. The van der Waals surface area contributed by atoms with Gasteiger partial charge in [0.1, 0.15) is 0 Å². The lowest BCUT2D eigenvalue weighted by atomic mass is 10.4.